The Morgan fingerprint density at radius 2 is 2.06 bits per heavy atom. The molecule has 3 aliphatic carbocycles. The number of fused-ring (bicyclic) bond motifs is 5. The van der Waals surface area contributed by atoms with Gasteiger partial charge in [-0.05, 0) is 54.9 Å². The Morgan fingerprint density at radius 3 is 2.62 bits per heavy atom. The molecule has 3 fully saturated rings. The molecule has 5 unspecified atom stereocenters. The van der Waals surface area contributed by atoms with E-state index in [1.807, 2.05) is 0 Å². The SMILES string of the molecule is NNC(C1=CCCO1)C1C2C3CCC(C3)C21. The molecule has 2 bridgehead atoms. The summed E-state index contributed by atoms with van der Waals surface area (Å²) in [5, 5.41) is 0. The first-order valence-electron chi connectivity index (χ1n) is 6.69. The molecule has 88 valence electrons. The smallest absolute Gasteiger partial charge is 0.111 e. The van der Waals surface area contributed by atoms with Gasteiger partial charge in [0.05, 0.1) is 12.6 Å². The first kappa shape index (κ1) is 9.49. The molecule has 1 heterocycles. The normalized spacial score (nSPS) is 49.8. The zero-order valence-electron chi connectivity index (χ0n) is 9.56. The maximum atomic E-state index is 5.74. The highest BCUT2D eigenvalue weighted by Crippen LogP contribution is 2.70. The molecular formula is C13H20N2O. The Hall–Kier alpha value is -0.540. The summed E-state index contributed by atoms with van der Waals surface area (Å²) in [6.07, 6.45) is 7.73. The first-order valence-corrected chi connectivity index (χ1v) is 6.69. The van der Waals surface area contributed by atoms with E-state index in [0.717, 1.165) is 48.4 Å². The molecule has 0 aromatic heterocycles. The van der Waals surface area contributed by atoms with E-state index >= 15 is 0 Å². The largest absolute Gasteiger partial charge is 0.496 e. The minimum atomic E-state index is 0.306. The van der Waals surface area contributed by atoms with Crippen LogP contribution in [-0.2, 0) is 4.74 Å². The highest BCUT2D eigenvalue weighted by atomic mass is 16.5. The lowest BCUT2D eigenvalue weighted by Gasteiger charge is -2.20. The van der Waals surface area contributed by atoms with E-state index in [-0.39, 0.29) is 0 Å². The van der Waals surface area contributed by atoms with Gasteiger partial charge in [0.25, 0.3) is 0 Å². The third-order valence-corrected chi connectivity index (χ3v) is 5.40. The molecule has 0 amide bonds. The first-order chi connectivity index (χ1) is 7.90. The highest BCUT2D eigenvalue weighted by Gasteiger charge is 2.67. The van der Waals surface area contributed by atoms with Crippen molar-refractivity contribution in [3.63, 3.8) is 0 Å². The topological polar surface area (TPSA) is 47.3 Å². The van der Waals surface area contributed by atoms with E-state index in [1.54, 1.807) is 0 Å². The van der Waals surface area contributed by atoms with Crippen molar-refractivity contribution in [1.29, 1.82) is 0 Å². The van der Waals surface area contributed by atoms with Crippen LogP contribution < -0.4 is 11.3 Å². The average molecular weight is 220 g/mol. The molecule has 4 aliphatic rings. The van der Waals surface area contributed by atoms with E-state index in [1.165, 1.54) is 19.3 Å². The van der Waals surface area contributed by atoms with Crippen LogP contribution in [-0.4, -0.2) is 12.6 Å². The summed E-state index contributed by atoms with van der Waals surface area (Å²) in [5.74, 6) is 11.6. The fraction of sp³-hybridized carbons (Fsp3) is 0.846. The number of nitrogens with two attached hydrogens (primary N) is 1. The predicted octanol–water partition coefficient (Wildman–Crippen LogP) is 1.41. The number of hydrazine groups is 1. The molecule has 0 radical (unpaired) electrons. The van der Waals surface area contributed by atoms with Crippen LogP contribution in [0.4, 0.5) is 0 Å². The van der Waals surface area contributed by atoms with Gasteiger partial charge in [0.2, 0.25) is 0 Å². The summed E-state index contributed by atoms with van der Waals surface area (Å²) in [6.45, 7) is 0.850. The minimum Gasteiger partial charge on any atom is -0.496 e. The summed E-state index contributed by atoms with van der Waals surface area (Å²) >= 11 is 0. The maximum Gasteiger partial charge on any atom is 0.111 e. The highest BCUT2D eigenvalue weighted by molar-refractivity contribution is 5.22. The average Bonchev–Trinajstić information content (AvgIpc) is 2.78. The Balaban J connectivity index is 1.54. The van der Waals surface area contributed by atoms with Gasteiger partial charge in [-0.25, -0.2) is 5.43 Å². The third kappa shape index (κ3) is 1.11. The number of hydrogen-bond acceptors (Lipinski definition) is 3. The van der Waals surface area contributed by atoms with Crippen LogP contribution in [0.2, 0.25) is 0 Å². The number of rotatable bonds is 3. The zero-order valence-corrected chi connectivity index (χ0v) is 9.56. The summed E-state index contributed by atoms with van der Waals surface area (Å²) in [5.41, 5.74) is 3.01. The van der Waals surface area contributed by atoms with Gasteiger partial charge in [0.1, 0.15) is 5.76 Å². The van der Waals surface area contributed by atoms with Crippen LogP contribution in [0.1, 0.15) is 25.7 Å². The van der Waals surface area contributed by atoms with Gasteiger partial charge < -0.3 is 4.74 Å². The standard InChI is InChI=1S/C13H20N2O/c14-15-13(9-2-1-5-16-9)12-10-7-3-4-8(6-7)11(10)12/h2,7-8,10-13,15H,1,3-6,14H2. The van der Waals surface area contributed by atoms with Gasteiger partial charge in [0, 0.05) is 6.42 Å². The molecule has 0 aromatic rings. The van der Waals surface area contributed by atoms with Gasteiger partial charge in [-0.2, -0.15) is 0 Å². The second-order valence-corrected chi connectivity index (χ2v) is 5.95. The van der Waals surface area contributed by atoms with Crippen LogP contribution in [0.5, 0.6) is 0 Å². The predicted molar refractivity (Wildman–Crippen MR) is 61.1 cm³/mol. The van der Waals surface area contributed by atoms with E-state index in [4.69, 9.17) is 10.6 Å². The Morgan fingerprint density at radius 1 is 1.31 bits per heavy atom. The van der Waals surface area contributed by atoms with Crippen molar-refractivity contribution in [3.8, 4) is 0 Å². The Kier molecular flexibility index (Phi) is 1.92. The van der Waals surface area contributed by atoms with Crippen molar-refractivity contribution >= 4 is 0 Å². The Labute approximate surface area is 96.4 Å². The molecule has 3 saturated carbocycles. The van der Waals surface area contributed by atoms with Crippen LogP contribution in [0.25, 0.3) is 0 Å². The van der Waals surface area contributed by atoms with Gasteiger partial charge >= 0.3 is 0 Å². The molecule has 0 spiro atoms. The van der Waals surface area contributed by atoms with E-state index in [9.17, 15) is 0 Å². The van der Waals surface area contributed by atoms with Crippen molar-refractivity contribution in [2.45, 2.75) is 31.7 Å². The summed E-state index contributed by atoms with van der Waals surface area (Å²) < 4.78 is 5.68. The molecule has 3 N–H and O–H groups in total. The number of nitrogens with one attached hydrogen (secondary N) is 1. The lowest BCUT2D eigenvalue weighted by Crippen LogP contribution is -2.40. The van der Waals surface area contributed by atoms with Gasteiger partial charge in [-0.15, -0.1) is 0 Å². The fourth-order valence-corrected chi connectivity index (χ4v) is 4.87. The lowest BCUT2D eigenvalue weighted by molar-refractivity contribution is 0.199. The second-order valence-electron chi connectivity index (χ2n) is 5.95. The molecule has 3 heteroatoms. The summed E-state index contributed by atoms with van der Waals surface area (Å²) in [7, 11) is 0. The molecule has 5 atom stereocenters. The van der Waals surface area contributed by atoms with Crippen LogP contribution in [0.15, 0.2) is 11.8 Å². The fourth-order valence-electron chi connectivity index (χ4n) is 4.87. The van der Waals surface area contributed by atoms with Crippen LogP contribution in [0.3, 0.4) is 0 Å². The molecular weight excluding hydrogens is 200 g/mol. The quantitative estimate of drug-likeness (QED) is 0.558. The third-order valence-electron chi connectivity index (χ3n) is 5.40. The minimum absolute atomic E-state index is 0.306. The maximum absolute atomic E-state index is 5.74. The van der Waals surface area contributed by atoms with Crippen LogP contribution >= 0.6 is 0 Å². The molecule has 1 aliphatic heterocycles. The van der Waals surface area contributed by atoms with E-state index in [0.29, 0.717) is 6.04 Å². The molecule has 0 saturated heterocycles. The monoisotopic (exact) mass is 220 g/mol. The second kappa shape index (κ2) is 3.23. The zero-order chi connectivity index (χ0) is 10.7. The molecule has 4 rings (SSSR count). The Bertz CT molecular complexity index is 325. The molecule has 0 aromatic carbocycles. The van der Waals surface area contributed by atoms with Gasteiger partial charge in [-0.3, -0.25) is 5.84 Å². The van der Waals surface area contributed by atoms with Crippen molar-refractivity contribution in [2.75, 3.05) is 6.61 Å². The van der Waals surface area contributed by atoms with E-state index in [2.05, 4.69) is 11.5 Å². The van der Waals surface area contributed by atoms with Gasteiger partial charge in [0.15, 0.2) is 0 Å². The van der Waals surface area contributed by atoms with E-state index < -0.39 is 0 Å². The molecule has 16 heavy (non-hydrogen) atoms. The van der Waals surface area contributed by atoms with Crippen molar-refractivity contribution in [3.05, 3.63) is 11.8 Å². The number of hydrogen-bond donors (Lipinski definition) is 2. The van der Waals surface area contributed by atoms with Gasteiger partial charge in [-0.1, -0.05) is 0 Å². The number of ether oxygens (including phenoxy) is 1. The summed E-state index contributed by atoms with van der Waals surface area (Å²) in [6, 6.07) is 0.306. The lowest BCUT2D eigenvalue weighted by atomic mass is 9.96. The van der Waals surface area contributed by atoms with Crippen molar-refractivity contribution < 1.29 is 4.74 Å². The van der Waals surface area contributed by atoms with Crippen molar-refractivity contribution in [1.82, 2.24) is 5.43 Å². The van der Waals surface area contributed by atoms with Crippen molar-refractivity contribution in [2.24, 2.45) is 35.4 Å². The summed E-state index contributed by atoms with van der Waals surface area (Å²) in [4.78, 5) is 0. The van der Waals surface area contributed by atoms with Crippen LogP contribution in [0, 0.1) is 29.6 Å². The molecule has 3 nitrogen and oxygen atoms in total.